The highest BCUT2D eigenvalue weighted by Gasteiger charge is 2.17. The molecule has 0 aliphatic carbocycles. The van der Waals surface area contributed by atoms with E-state index in [0.29, 0.717) is 54.0 Å². The van der Waals surface area contributed by atoms with E-state index in [1.807, 2.05) is 23.1 Å². The van der Waals surface area contributed by atoms with E-state index in [1.165, 1.54) is 12.1 Å². The fraction of sp³-hybridized carbons (Fsp3) is 0.200. The Balaban J connectivity index is 1.42. The van der Waals surface area contributed by atoms with Crippen LogP contribution in [0.5, 0.6) is 11.5 Å². The van der Waals surface area contributed by atoms with Gasteiger partial charge in [0.25, 0.3) is 5.56 Å². The van der Waals surface area contributed by atoms with E-state index in [0.717, 1.165) is 16.7 Å². The maximum atomic E-state index is 13.4. The molecule has 5 rings (SSSR count). The van der Waals surface area contributed by atoms with Crippen LogP contribution in [-0.4, -0.2) is 28.2 Å². The zero-order valence-corrected chi connectivity index (χ0v) is 19.0. The molecule has 0 bridgehead atoms. The van der Waals surface area contributed by atoms with Crippen LogP contribution in [0.3, 0.4) is 0 Å². The van der Waals surface area contributed by atoms with Crippen molar-refractivity contribution >= 4 is 28.2 Å². The Hall–Kier alpha value is -3.85. The van der Waals surface area contributed by atoms with Gasteiger partial charge in [-0.05, 0) is 54.2 Å². The Morgan fingerprint density at radius 3 is 2.56 bits per heavy atom. The second kappa shape index (κ2) is 9.56. The number of halogens is 1. The number of benzene rings is 2. The number of nitrogens with zero attached hydrogens (tertiary/aromatic N) is 1. The quantitative estimate of drug-likeness (QED) is 0.403. The average molecular weight is 480 g/mol. The van der Waals surface area contributed by atoms with Crippen molar-refractivity contribution in [3.05, 3.63) is 93.9 Å². The summed E-state index contributed by atoms with van der Waals surface area (Å²) >= 11 is 5.64. The fourth-order valence-corrected chi connectivity index (χ4v) is 4.01. The van der Waals surface area contributed by atoms with Crippen LogP contribution in [0, 0.1) is 5.82 Å². The van der Waals surface area contributed by atoms with Crippen LogP contribution in [0.1, 0.15) is 16.9 Å². The minimum atomic E-state index is -0.311. The van der Waals surface area contributed by atoms with Crippen molar-refractivity contribution in [2.45, 2.75) is 19.6 Å². The molecule has 2 N–H and O–H groups in total. The van der Waals surface area contributed by atoms with Gasteiger partial charge in [-0.1, -0.05) is 12.1 Å². The Bertz CT molecular complexity index is 1370. The molecule has 7 nitrogen and oxygen atoms in total. The van der Waals surface area contributed by atoms with Gasteiger partial charge in [0, 0.05) is 23.6 Å². The van der Waals surface area contributed by atoms with Gasteiger partial charge in [0.1, 0.15) is 24.8 Å². The number of rotatable bonds is 6. The van der Waals surface area contributed by atoms with Crippen LogP contribution in [0.4, 0.5) is 4.39 Å². The van der Waals surface area contributed by atoms with Gasteiger partial charge in [0.15, 0.2) is 16.6 Å². The highest BCUT2D eigenvalue weighted by molar-refractivity contribution is 7.80. The van der Waals surface area contributed by atoms with Gasteiger partial charge >= 0.3 is 0 Å². The number of hydrogen-bond donors (Lipinski definition) is 2. The van der Waals surface area contributed by atoms with Crippen molar-refractivity contribution in [1.82, 2.24) is 15.2 Å². The molecule has 1 aliphatic heterocycles. The summed E-state index contributed by atoms with van der Waals surface area (Å²) in [7, 11) is 0. The Kier molecular flexibility index (Phi) is 6.18. The lowest BCUT2D eigenvalue weighted by atomic mass is 10.1. The van der Waals surface area contributed by atoms with Crippen molar-refractivity contribution < 1.29 is 18.3 Å². The molecular weight excluding hydrogens is 457 g/mol. The van der Waals surface area contributed by atoms with Gasteiger partial charge in [-0.15, -0.1) is 0 Å². The molecule has 0 saturated carbocycles. The zero-order valence-electron chi connectivity index (χ0n) is 18.2. The largest absolute Gasteiger partial charge is 0.486 e. The van der Waals surface area contributed by atoms with Gasteiger partial charge in [-0.3, -0.25) is 4.79 Å². The summed E-state index contributed by atoms with van der Waals surface area (Å²) in [5.74, 6) is 1.69. The first-order valence-corrected chi connectivity index (χ1v) is 11.2. The molecule has 4 aromatic rings. The van der Waals surface area contributed by atoms with E-state index in [9.17, 15) is 9.18 Å². The standard InChI is InChI=1S/C25H22FN3O4S/c26-19-5-3-16(4-6-19)14-29(25(34)27-13-20-2-1-7-31-20)15-18-10-17-11-22-23(33-9-8-32-22)12-21(17)28-24(18)30/h1-7,10-12H,8-9,13-15H2,(H,27,34)(H,28,30). The molecule has 0 atom stereocenters. The Labute approximate surface area is 200 Å². The smallest absolute Gasteiger partial charge is 0.253 e. The van der Waals surface area contributed by atoms with Crippen molar-refractivity contribution in [1.29, 1.82) is 0 Å². The summed E-state index contributed by atoms with van der Waals surface area (Å²) in [5.41, 5.74) is 1.84. The molecular formula is C25H22FN3O4S. The van der Waals surface area contributed by atoms with E-state index in [-0.39, 0.29) is 17.9 Å². The van der Waals surface area contributed by atoms with Gasteiger partial charge < -0.3 is 29.1 Å². The lowest BCUT2D eigenvalue weighted by Crippen LogP contribution is -2.39. The summed E-state index contributed by atoms with van der Waals surface area (Å²) < 4.78 is 30.1. The second-order valence-corrected chi connectivity index (χ2v) is 8.31. The number of H-pyrrole nitrogens is 1. The van der Waals surface area contributed by atoms with Crippen molar-refractivity contribution in [2.24, 2.45) is 0 Å². The van der Waals surface area contributed by atoms with E-state index in [4.69, 9.17) is 26.1 Å². The van der Waals surface area contributed by atoms with Gasteiger partial charge in [-0.25, -0.2) is 4.39 Å². The summed E-state index contributed by atoms with van der Waals surface area (Å²) in [6.45, 7) is 2.00. The number of fused-ring (bicyclic) bond motifs is 2. The lowest BCUT2D eigenvalue weighted by Gasteiger charge is -2.26. The number of furan rings is 1. The molecule has 1 aliphatic rings. The number of aromatic nitrogens is 1. The fourth-order valence-electron chi connectivity index (χ4n) is 3.81. The Morgan fingerprint density at radius 2 is 1.82 bits per heavy atom. The first kappa shape index (κ1) is 22.0. The average Bonchev–Trinajstić information content (AvgIpc) is 3.36. The molecule has 0 radical (unpaired) electrons. The van der Waals surface area contributed by atoms with Crippen LogP contribution >= 0.6 is 12.2 Å². The monoisotopic (exact) mass is 479 g/mol. The molecule has 0 saturated heterocycles. The molecule has 9 heteroatoms. The predicted octanol–water partition coefficient (Wildman–Crippen LogP) is 4.11. The summed E-state index contributed by atoms with van der Waals surface area (Å²) in [5, 5.41) is 4.45. The molecule has 2 aromatic heterocycles. The number of pyridine rings is 1. The van der Waals surface area contributed by atoms with Crippen LogP contribution in [-0.2, 0) is 19.6 Å². The summed E-state index contributed by atoms with van der Waals surface area (Å²) in [4.78, 5) is 17.7. The van der Waals surface area contributed by atoms with E-state index < -0.39 is 0 Å². The number of nitrogens with one attached hydrogen (secondary N) is 2. The van der Waals surface area contributed by atoms with Crippen LogP contribution in [0.15, 0.2) is 70.1 Å². The summed E-state index contributed by atoms with van der Waals surface area (Å²) in [6.07, 6.45) is 1.60. The van der Waals surface area contributed by atoms with Gasteiger partial charge in [0.2, 0.25) is 0 Å². The van der Waals surface area contributed by atoms with E-state index in [1.54, 1.807) is 30.5 Å². The first-order chi connectivity index (χ1) is 16.5. The molecule has 174 valence electrons. The second-order valence-electron chi connectivity index (χ2n) is 7.93. The third kappa shape index (κ3) is 4.89. The molecule has 0 amide bonds. The molecule has 2 aromatic carbocycles. The number of ether oxygens (including phenoxy) is 2. The maximum absolute atomic E-state index is 13.4. The zero-order chi connectivity index (χ0) is 23.5. The van der Waals surface area contributed by atoms with Gasteiger partial charge in [-0.2, -0.15) is 0 Å². The number of aromatic amines is 1. The third-order valence-electron chi connectivity index (χ3n) is 5.51. The highest BCUT2D eigenvalue weighted by atomic mass is 32.1. The predicted molar refractivity (Wildman–Crippen MR) is 129 cm³/mol. The third-order valence-corrected chi connectivity index (χ3v) is 5.92. The Morgan fingerprint density at radius 1 is 1.06 bits per heavy atom. The lowest BCUT2D eigenvalue weighted by molar-refractivity contribution is 0.172. The van der Waals surface area contributed by atoms with Crippen LogP contribution in [0.25, 0.3) is 10.9 Å². The van der Waals surface area contributed by atoms with Crippen molar-refractivity contribution in [2.75, 3.05) is 13.2 Å². The highest BCUT2D eigenvalue weighted by Crippen LogP contribution is 2.33. The topological polar surface area (TPSA) is 79.7 Å². The van der Waals surface area contributed by atoms with E-state index >= 15 is 0 Å². The minimum absolute atomic E-state index is 0.220. The maximum Gasteiger partial charge on any atom is 0.253 e. The van der Waals surface area contributed by atoms with Crippen molar-refractivity contribution in [3.8, 4) is 11.5 Å². The van der Waals surface area contributed by atoms with Crippen molar-refractivity contribution in [3.63, 3.8) is 0 Å². The minimum Gasteiger partial charge on any atom is -0.486 e. The summed E-state index contributed by atoms with van der Waals surface area (Å²) in [6, 6.07) is 15.3. The normalized spacial score (nSPS) is 12.5. The SMILES string of the molecule is O=c1[nH]c2cc3c(cc2cc1CN(Cc1ccc(F)cc1)C(=S)NCc1ccco1)OCCO3. The van der Waals surface area contributed by atoms with Crippen LogP contribution in [0.2, 0.25) is 0 Å². The van der Waals surface area contributed by atoms with E-state index in [2.05, 4.69) is 10.3 Å². The molecule has 34 heavy (non-hydrogen) atoms. The van der Waals surface area contributed by atoms with Gasteiger partial charge in [0.05, 0.1) is 24.9 Å². The number of hydrogen-bond acceptors (Lipinski definition) is 5. The number of thiocarbonyl (C=S) groups is 1. The molecule has 0 spiro atoms. The van der Waals surface area contributed by atoms with Crippen LogP contribution < -0.4 is 20.3 Å². The molecule has 3 heterocycles. The molecule has 0 unspecified atom stereocenters. The molecule has 0 fully saturated rings. The first-order valence-electron chi connectivity index (χ1n) is 10.8.